The molecule has 2 aromatic rings. The van der Waals surface area contributed by atoms with E-state index in [1.165, 1.54) is 41.5 Å². The fraction of sp³-hybridized carbons (Fsp3) is 0.500. The van der Waals surface area contributed by atoms with Gasteiger partial charge < -0.3 is 5.73 Å². The lowest BCUT2D eigenvalue weighted by molar-refractivity contribution is 0.166. The molecule has 1 unspecified atom stereocenters. The fourth-order valence-corrected chi connectivity index (χ4v) is 4.02. The molecule has 2 nitrogen and oxygen atoms in total. The number of likely N-dealkylation sites (N-methyl/N-ethyl adjacent to an activating group) is 1. The van der Waals surface area contributed by atoms with E-state index in [0.29, 0.717) is 12.6 Å². The topological polar surface area (TPSA) is 29.3 Å². The van der Waals surface area contributed by atoms with Crippen molar-refractivity contribution < 1.29 is 0 Å². The molecule has 1 aliphatic carbocycles. The highest BCUT2D eigenvalue weighted by Crippen LogP contribution is 2.34. The summed E-state index contributed by atoms with van der Waals surface area (Å²) in [5.74, 6) is 0.893. The van der Waals surface area contributed by atoms with E-state index >= 15 is 0 Å². The Morgan fingerprint density at radius 3 is 2.84 bits per heavy atom. The molecular formula is C16H22N2S. The minimum absolute atomic E-state index is 0.358. The van der Waals surface area contributed by atoms with Crippen molar-refractivity contribution in [2.75, 3.05) is 20.1 Å². The van der Waals surface area contributed by atoms with E-state index in [1.807, 2.05) is 11.3 Å². The van der Waals surface area contributed by atoms with E-state index in [4.69, 9.17) is 5.73 Å². The first-order valence-electron chi connectivity index (χ1n) is 7.16. The maximum absolute atomic E-state index is 6.05. The fourth-order valence-electron chi connectivity index (χ4n) is 3.01. The number of benzene rings is 1. The molecule has 19 heavy (non-hydrogen) atoms. The molecule has 0 radical (unpaired) electrons. The SMILES string of the molecule is CN(CC1CCC1)C(CN)c1csc2ccccc12. The summed E-state index contributed by atoms with van der Waals surface area (Å²) in [5.41, 5.74) is 7.46. The molecule has 1 atom stereocenters. The monoisotopic (exact) mass is 274 g/mol. The molecule has 0 aliphatic heterocycles. The van der Waals surface area contributed by atoms with Crippen LogP contribution in [0.15, 0.2) is 29.6 Å². The van der Waals surface area contributed by atoms with Crippen molar-refractivity contribution >= 4 is 21.4 Å². The van der Waals surface area contributed by atoms with E-state index in [0.717, 1.165) is 5.92 Å². The Hall–Kier alpha value is -0.900. The minimum Gasteiger partial charge on any atom is -0.329 e. The Morgan fingerprint density at radius 1 is 1.37 bits per heavy atom. The van der Waals surface area contributed by atoms with Gasteiger partial charge in [0.2, 0.25) is 0 Å². The third kappa shape index (κ3) is 2.55. The average molecular weight is 274 g/mol. The van der Waals surface area contributed by atoms with Crippen LogP contribution < -0.4 is 5.73 Å². The molecule has 1 heterocycles. The molecule has 3 heteroatoms. The van der Waals surface area contributed by atoms with Crippen LogP contribution in [0.3, 0.4) is 0 Å². The van der Waals surface area contributed by atoms with Gasteiger partial charge in [-0.15, -0.1) is 11.3 Å². The molecule has 0 amide bonds. The largest absolute Gasteiger partial charge is 0.329 e. The smallest absolute Gasteiger partial charge is 0.0481 e. The lowest BCUT2D eigenvalue weighted by atomic mass is 9.85. The van der Waals surface area contributed by atoms with Crippen LogP contribution in [0.25, 0.3) is 10.1 Å². The molecule has 0 spiro atoms. The highest BCUT2D eigenvalue weighted by atomic mass is 32.1. The van der Waals surface area contributed by atoms with Crippen LogP contribution in [0, 0.1) is 5.92 Å². The zero-order valence-electron chi connectivity index (χ0n) is 11.5. The average Bonchev–Trinajstić information content (AvgIpc) is 2.79. The van der Waals surface area contributed by atoms with E-state index in [-0.39, 0.29) is 0 Å². The van der Waals surface area contributed by atoms with Gasteiger partial charge in [-0.2, -0.15) is 0 Å². The maximum Gasteiger partial charge on any atom is 0.0481 e. The Labute approximate surface area is 119 Å². The second kappa shape index (κ2) is 5.61. The minimum atomic E-state index is 0.358. The summed E-state index contributed by atoms with van der Waals surface area (Å²) in [6.45, 7) is 1.88. The van der Waals surface area contributed by atoms with Crippen molar-refractivity contribution in [3.8, 4) is 0 Å². The summed E-state index contributed by atoms with van der Waals surface area (Å²) in [7, 11) is 2.22. The van der Waals surface area contributed by atoms with E-state index in [2.05, 4.69) is 41.6 Å². The first kappa shape index (κ1) is 13.1. The molecule has 2 N–H and O–H groups in total. The lowest BCUT2D eigenvalue weighted by Crippen LogP contribution is -2.36. The van der Waals surface area contributed by atoms with Crippen LogP contribution in [0.5, 0.6) is 0 Å². The van der Waals surface area contributed by atoms with E-state index in [9.17, 15) is 0 Å². The molecule has 0 saturated heterocycles. The molecule has 0 bridgehead atoms. The maximum atomic E-state index is 6.05. The second-order valence-corrected chi connectivity index (χ2v) is 6.59. The summed E-state index contributed by atoms with van der Waals surface area (Å²) in [6, 6.07) is 9.01. The zero-order valence-corrected chi connectivity index (χ0v) is 12.3. The standard InChI is InChI=1S/C16H22N2S/c1-18(10-12-5-4-6-12)15(9-17)14-11-19-16-8-3-2-7-13(14)16/h2-3,7-8,11-12,15H,4-6,9-10,17H2,1H3. The van der Waals surface area contributed by atoms with Gasteiger partial charge in [-0.25, -0.2) is 0 Å². The number of hydrogen-bond donors (Lipinski definition) is 1. The van der Waals surface area contributed by atoms with E-state index < -0.39 is 0 Å². The van der Waals surface area contributed by atoms with Crippen molar-refractivity contribution in [2.24, 2.45) is 11.7 Å². The number of hydrogen-bond acceptors (Lipinski definition) is 3. The molecule has 1 saturated carbocycles. The van der Waals surface area contributed by atoms with Crippen LogP contribution in [-0.4, -0.2) is 25.0 Å². The molecule has 1 fully saturated rings. The summed E-state index contributed by atoms with van der Waals surface area (Å²) >= 11 is 1.83. The Kier molecular flexibility index (Phi) is 3.87. The van der Waals surface area contributed by atoms with Gasteiger partial charge in [0.05, 0.1) is 0 Å². The molecular weight excluding hydrogens is 252 g/mol. The van der Waals surface area contributed by atoms with E-state index in [1.54, 1.807) is 0 Å². The first-order valence-corrected chi connectivity index (χ1v) is 8.04. The number of fused-ring (bicyclic) bond motifs is 1. The number of thiophene rings is 1. The quantitative estimate of drug-likeness (QED) is 0.902. The van der Waals surface area contributed by atoms with Gasteiger partial charge in [0.1, 0.15) is 0 Å². The van der Waals surface area contributed by atoms with Gasteiger partial charge in [0.15, 0.2) is 0 Å². The Balaban J connectivity index is 1.84. The summed E-state index contributed by atoms with van der Waals surface area (Å²) < 4.78 is 1.37. The third-order valence-electron chi connectivity index (χ3n) is 4.40. The van der Waals surface area contributed by atoms with Crippen LogP contribution in [0.4, 0.5) is 0 Å². The van der Waals surface area contributed by atoms with Crippen LogP contribution in [0.1, 0.15) is 30.9 Å². The highest BCUT2D eigenvalue weighted by molar-refractivity contribution is 7.17. The van der Waals surface area contributed by atoms with Gasteiger partial charge in [-0.1, -0.05) is 24.6 Å². The van der Waals surface area contributed by atoms with Gasteiger partial charge >= 0.3 is 0 Å². The Bertz CT molecular complexity index is 544. The van der Waals surface area contributed by atoms with Crippen LogP contribution in [-0.2, 0) is 0 Å². The van der Waals surface area contributed by atoms with Crippen molar-refractivity contribution in [3.63, 3.8) is 0 Å². The van der Waals surface area contributed by atoms with Gasteiger partial charge in [0.25, 0.3) is 0 Å². The predicted octanol–water partition coefficient (Wildman–Crippen LogP) is 3.63. The lowest BCUT2D eigenvalue weighted by Gasteiger charge is -2.34. The summed E-state index contributed by atoms with van der Waals surface area (Å²) in [4.78, 5) is 2.46. The molecule has 1 aliphatic rings. The third-order valence-corrected chi connectivity index (χ3v) is 5.38. The normalized spacial score (nSPS) is 17.8. The van der Waals surface area contributed by atoms with Crippen molar-refractivity contribution in [2.45, 2.75) is 25.3 Å². The van der Waals surface area contributed by atoms with Gasteiger partial charge in [0, 0.05) is 23.8 Å². The predicted molar refractivity (Wildman–Crippen MR) is 83.6 cm³/mol. The second-order valence-electron chi connectivity index (χ2n) is 5.68. The van der Waals surface area contributed by atoms with Gasteiger partial charge in [-0.3, -0.25) is 4.90 Å². The Morgan fingerprint density at radius 2 is 2.16 bits per heavy atom. The van der Waals surface area contributed by atoms with Crippen molar-refractivity contribution in [1.29, 1.82) is 0 Å². The molecule has 1 aromatic carbocycles. The summed E-state index contributed by atoms with van der Waals surface area (Å²) in [5, 5.41) is 3.67. The van der Waals surface area contributed by atoms with Crippen molar-refractivity contribution in [3.05, 3.63) is 35.2 Å². The zero-order chi connectivity index (χ0) is 13.2. The molecule has 3 rings (SSSR count). The van der Waals surface area contributed by atoms with Crippen LogP contribution in [0.2, 0.25) is 0 Å². The van der Waals surface area contributed by atoms with Crippen molar-refractivity contribution in [1.82, 2.24) is 4.90 Å². The first-order chi connectivity index (χ1) is 9.29. The molecule has 102 valence electrons. The highest BCUT2D eigenvalue weighted by Gasteiger charge is 2.24. The summed E-state index contributed by atoms with van der Waals surface area (Å²) in [6.07, 6.45) is 4.20. The number of nitrogens with zero attached hydrogens (tertiary/aromatic N) is 1. The molecule has 1 aromatic heterocycles. The van der Waals surface area contributed by atoms with Gasteiger partial charge in [-0.05, 0) is 48.2 Å². The number of rotatable bonds is 5. The van der Waals surface area contributed by atoms with Crippen LogP contribution >= 0.6 is 11.3 Å². The number of nitrogens with two attached hydrogens (primary N) is 1.